The molecule has 0 aliphatic heterocycles. The normalized spacial score (nSPS) is 10.9. The van der Waals surface area contributed by atoms with Crippen LogP contribution in [0.1, 0.15) is 19.4 Å². The fourth-order valence-corrected chi connectivity index (χ4v) is 1.81. The minimum absolute atomic E-state index is 0. The fraction of sp³-hybridized carbons (Fsp3) is 0.286. The molecule has 4 nitrogen and oxygen atoms in total. The minimum Gasteiger partial charge on any atom is -0.478 e. The van der Waals surface area contributed by atoms with E-state index in [9.17, 15) is 14.7 Å². The summed E-state index contributed by atoms with van der Waals surface area (Å²) in [4.78, 5) is 22.4. The molecule has 0 unspecified atom stereocenters. The van der Waals surface area contributed by atoms with Crippen LogP contribution in [0.4, 0.5) is 0 Å². The maximum atomic E-state index is 11.2. The summed E-state index contributed by atoms with van der Waals surface area (Å²) in [6.07, 6.45) is 0.121. The summed E-state index contributed by atoms with van der Waals surface area (Å²) in [6.45, 7) is 3.36. The first-order chi connectivity index (χ1) is 8.43. The van der Waals surface area contributed by atoms with Gasteiger partial charge in [-0.25, -0.2) is 9.59 Å². The molecule has 0 heterocycles. The third-order valence-corrected chi connectivity index (χ3v) is 2.61. The van der Waals surface area contributed by atoms with E-state index in [2.05, 4.69) is 0 Å². The molecule has 0 bridgehead atoms. The summed E-state index contributed by atoms with van der Waals surface area (Å²) in [7, 11) is 0. The van der Waals surface area contributed by atoms with Gasteiger partial charge in [0.1, 0.15) is 0 Å². The Morgan fingerprint density at radius 1 is 1.00 bits per heavy atom. The van der Waals surface area contributed by atoms with Crippen molar-refractivity contribution in [1.82, 2.24) is 0 Å². The Morgan fingerprint density at radius 2 is 1.50 bits per heavy atom. The summed E-state index contributed by atoms with van der Waals surface area (Å²) < 4.78 is 0. The quantitative estimate of drug-likeness (QED) is 0.639. The Balaban J connectivity index is 0. The Hall–Kier alpha value is -0.1000. The van der Waals surface area contributed by atoms with Crippen molar-refractivity contribution in [2.24, 2.45) is 5.92 Å². The molecule has 0 aromatic heterocycles. The number of rotatable bonds is 5. The number of carboxylic acids is 2. The molecule has 0 amide bonds. The van der Waals surface area contributed by atoms with Crippen LogP contribution in [0.2, 0.25) is 0 Å². The zero-order valence-electron chi connectivity index (χ0n) is 12.4. The Morgan fingerprint density at radius 3 is 1.85 bits per heavy atom. The van der Waals surface area contributed by atoms with Gasteiger partial charge in [-0.2, -0.15) is 0 Å². The summed E-state index contributed by atoms with van der Waals surface area (Å²) in [5.41, 5.74) is 0.698. The number of aliphatic carboxylic acids is 2. The third-order valence-electron chi connectivity index (χ3n) is 2.61. The third kappa shape index (κ3) is 6.57. The van der Waals surface area contributed by atoms with Crippen molar-refractivity contribution in [3.05, 3.63) is 47.0 Å². The molecular formula is C14H16Na2O4. The predicted molar refractivity (Wildman–Crippen MR) is 78.8 cm³/mol. The van der Waals surface area contributed by atoms with Crippen molar-refractivity contribution in [1.29, 1.82) is 0 Å². The molecule has 2 N–H and O–H groups in total. The van der Waals surface area contributed by atoms with Gasteiger partial charge in [-0.1, -0.05) is 44.2 Å². The van der Waals surface area contributed by atoms with Crippen LogP contribution in [0.15, 0.2) is 41.5 Å². The number of benzene rings is 1. The van der Waals surface area contributed by atoms with E-state index >= 15 is 0 Å². The van der Waals surface area contributed by atoms with Gasteiger partial charge in [0, 0.05) is 65.5 Å². The van der Waals surface area contributed by atoms with E-state index in [4.69, 9.17) is 5.11 Å². The van der Waals surface area contributed by atoms with Crippen LogP contribution in [0.5, 0.6) is 0 Å². The van der Waals surface area contributed by atoms with Gasteiger partial charge in [0.2, 0.25) is 0 Å². The molecule has 98 valence electrons. The van der Waals surface area contributed by atoms with Gasteiger partial charge in [-0.05, 0) is 11.5 Å². The molecule has 0 aliphatic rings. The first kappa shape index (κ1) is 22.2. The number of carboxylic acid groups (broad SMARTS) is 2. The van der Waals surface area contributed by atoms with Gasteiger partial charge in [0.05, 0.1) is 11.1 Å². The second kappa shape index (κ2) is 10.6. The minimum atomic E-state index is -1.18. The standard InChI is InChI=1S/C14H16O4.2Na/c1-9(2)12(14(17)18)11(13(15)16)8-10-6-4-3-5-7-10;;/h3-7,9H,8H2,1-2H3,(H,15,16)(H,17,18);;/b12-11-;;. The number of carbonyl (C=O) groups is 2. The molecule has 1 aromatic rings. The Bertz CT molecular complexity index is 481. The Labute approximate surface area is 162 Å². The molecule has 1 aromatic carbocycles. The molecule has 0 saturated carbocycles. The largest absolute Gasteiger partial charge is 0.478 e. The molecule has 0 spiro atoms. The van der Waals surface area contributed by atoms with Gasteiger partial charge >= 0.3 is 11.9 Å². The molecule has 0 fully saturated rings. The van der Waals surface area contributed by atoms with Gasteiger partial charge in [0.15, 0.2) is 0 Å². The van der Waals surface area contributed by atoms with Crippen molar-refractivity contribution < 1.29 is 19.8 Å². The van der Waals surface area contributed by atoms with E-state index in [1.165, 1.54) is 0 Å². The van der Waals surface area contributed by atoms with Crippen LogP contribution in [0.3, 0.4) is 0 Å². The van der Waals surface area contributed by atoms with Crippen LogP contribution in [-0.2, 0) is 16.0 Å². The smallest absolute Gasteiger partial charge is 0.332 e. The maximum Gasteiger partial charge on any atom is 0.332 e. The van der Waals surface area contributed by atoms with E-state index in [0.717, 1.165) is 5.56 Å². The molecule has 0 aliphatic carbocycles. The first-order valence-corrected chi connectivity index (χ1v) is 5.67. The molecule has 20 heavy (non-hydrogen) atoms. The van der Waals surface area contributed by atoms with Crippen molar-refractivity contribution in [2.45, 2.75) is 20.3 Å². The van der Waals surface area contributed by atoms with Gasteiger partial charge < -0.3 is 10.2 Å². The first-order valence-electron chi connectivity index (χ1n) is 5.67. The van der Waals surface area contributed by atoms with Crippen molar-refractivity contribution >= 4 is 71.1 Å². The van der Waals surface area contributed by atoms with Gasteiger partial charge in [0.25, 0.3) is 0 Å². The van der Waals surface area contributed by atoms with Gasteiger partial charge in [-0.3, -0.25) is 0 Å². The zero-order valence-corrected chi connectivity index (χ0v) is 16.4. The van der Waals surface area contributed by atoms with Crippen molar-refractivity contribution in [3.8, 4) is 0 Å². The van der Waals surface area contributed by atoms with E-state index in [0.29, 0.717) is 0 Å². The summed E-state index contributed by atoms with van der Waals surface area (Å²) in [5.74, 6) is -2.68. The molecule has 0 atom stereocenters. The van der Waals surface area contributed by atoms with E-state index < -0.39 is 11.9 Å². The van der Waals surface area contributed by atoms with Crippen molar-refractivity contribution in [2.75, 3.05) is 0 Å². The fourth-order valence-electron chi connectivity index (χ4n) is 1.81. The molecule has 0 saturated heterocycles. The Kier molecular flexibility index (Phi) is 11.8. The van der Waals surface area contributed by atoms with Crippen molar-refractivity contribution in [3.63, 3.8) is 0 Å². The molecule has 1 rings (SSSR count). The average molecular weight is 294 g/mol. The van der Waals surface area contributed by atoms with Crippen LogP contribution < -0.4 is 0 Å². The summed E-state index contributed by atoms with van der Waals surface area (Å²) >= 11 is 0. The second-order valence-corrected chi connectivity index (χ2v) is 4.32. The number of hydrogen-bond acceptors (Lipinski definition) is 2. The van der Waals surface area contributed by atoms with Crippen LogP contribution in [0.25, 0.3) is 0 Å². The molecule has 2 radical (unpaired) electrons. The van der Waals surface area contributed by atoms with Crippen LogP contribution in [-0.4, -0.2) is 81.3 Å². The maximum absolute atomic E-state index is 11.2. The van der Waals surface area contributed by atoms with Gasteiger partial charge in [-0.15, -0.1) is 0 Å². The predicted octanol–water partition coefficient (Wildman–Crippen LogP) is 1.59. The van der Waals surface area contributed by atoms with Crippen LogP contribution in [0, 0.1) is 5.92 Å². The van der Waals surface area contributed by atoms with E-state index in [-0.39, 0.29) is 82.6 Å². The summed E-state index contributed by atoms with van der Waals surface area (Å²) in [6, 6.07) is 8.98. The SMILES string of the molecule is CC(C)/C(C(=O)O)=C(\Cc1ccccc1)C(=O)O.[Na].[Na]. The van der Waals surface area contributed by atoms with E-state index in [1.807, 2.05) is 6.07 Å². The van der Waals surface area contributed by atoms with Crippen LogP contribution >= 0.6 is 0 Å². The number of hydrogen-bond donors (Lipinski definition) is 2. The molecule has 6 heteroatoms. The monoisotopic (exact) mass is 294 g/mol. The molecular weight excluding hydrogens is 278 g/mol. The van der Waals surface area contributed by atoms with E-state index in [1.54, 1.807) is 38.1 Å². The zero-order chi connectivity index (χ0) is 13.7. The second-order valence-electron chi connectivity index (χ2n) is 4.32. The summed E-state index contributed by atoms with van der Waals surface area (Å²) in [5, 5.41) is 18.3. The average Bonchev–Trinajstić information content (AvgIpc) is 2.28. The topological polar surface area (TPSA) is 74.6 Å².